The number of rotatable bonds is 5. The summed E-state index contributed by atoms with van der Waals surface area (Å²) in [7, 11) is 0. The Hall–Kier alpha value is -0.860. The largest absolute Gasteiger partial charge is 0.356 e. The smallest absolute Gasteiger partial charge is 0.220 e. The van der Waals surface area contributed by atoms with Crippen molar-refractivity contribution in [2.75, 3.05) is 6.54 Å². The number of carbonyl (C=O) groups is 2. The van der Waals surface area contributed by atoms with Crippen LogP contribution in [-0.4, -0.2) is 18.7 Å². The van der Waals surface area contributed by atoms with E-state index in [4.69, 9.17) is 0 Å². The number of carbonyl (C=O) groups excluding carboxylic acids is 2. The lowest BCUT2D eigenvalue weighted by molar-refractivity contribution is -0.121. The number of hydrogen-bond acceptors (Lipinski definition) is 2. The van der Waals surface area contributed by atoms with Crippen LogP contribution in [0.15, 0.2) is 0 Å². The van der Waals surface area contributed by atoms with Gasteiger partial charge in [-0.25, -0.2) is 0 Å². The van der Waals surface area contributed by atoms with E-state index in [-0.39, 0.29) is 5.91 Å². The zero-order valence-electron chi connectivity index (χ0n) is 7.09. The average Bonchev–Trinajstić information content (AvgIpc) is 1.86. The molecule has 0 aliphatic carbocycles. The van der Waals surface area contributed by atoms with Crippen molar-refractivity contribution in [1.29, 1.82) is 0 Å². The van der Waals surface area contributed by atoms with Crippen LogP contribution in [0.3, 0.4) is 0 Å². The van der Waals surface area contributed by atoms with Crippen molar-refractivity contribution in [2.24, 2.45) is 5.92 Å². The molecule has 0 atom stereocenters. The minimum absolute atomic E-state index is 0.0295. The Bertz CT molecular complexity index is 132. The van der Waals surface area contributed by atoms with Gasteiger partial charge in [0.2, 0.25) is 5.91 Å². The van der Waals surface area contributed by atoms with Gasteiger partial charge in [0.25, 0.3) is 0 Å². The second-order valence-corrected chi connectivity index (χ2v) is 2.90. The highest BCUT2D eigenvalue weighted by Crippen LogP contribution is 1.97. The lowest BCUT2D eigenvalue weighted by Gasteiger charge is -2.04. The molecule has 0 rings (SSSR count). The Balaban J connectivity index is 3.30. The zero-order valence-corrected chi connectivity index (χ0v) is 7.09. The van der Waals surface area contributed by atoms with Crippen molar-refractivity contribution in [3.05, 3.63) is 0 Å². The molecule has 1 N–H and O–H groups in total. The predicted molar refractivity (Wildman–Crippen MR) is 43.1 cm³/mol. The second-order valence-electron chi connectivity index (χ2n) is 2.90. The van der Waals surface area contributed by atoms with Crippen LogP contribution in [0.2, 0.25) is 0 Å². The van der Waals surface area contributed by atoms with Gasteiger partial charge in [-0.05, 0) is 5.92 Å². The van der Waals surface area contributed by atoms with E-state index >= 15 is 0 Å². The highest BCUT2D eigenvalue weighted by Gasteiger charge is 2.02. The third kappa shape index (κ3) is 7.03. The van der Waals surface area contributed by atoms with E-state index in [2.05, 4.69) is 5.32 Å². The summed E-state index contributed by atoms with van der Waals surface area (Å²) in [6, 6.07) is 0. The predicted octanol–water partition coefficient (Wildman–Crippen LogP) is 0.738. The number of nitrogens with one attached hydrogen (secondary N) is 1. The van der Waals surface area contributed by atoms with E-state index in [1.54, 1.807) is 0 Å². The van der Waals surface area contributed by atoms with E-state index in [1.165, 1.54) is 0 Å². The van der Waals surface area contributed by atoms with Crippen LogP contribution in [0.1, 0.15) is 26.7 Å². The Morgan fingerprint density at radius 2 is 2.18 bits per heavy atom. The fraction of sp³-hybridized carbons (Fsp3) is 0.750. The van der Waals surface area contributed by atoms with E-state index in [0.717, 1.165) is 6.29 Å². The average molecular weight is 157 g/mol. The normalized spacial score (nSPS) is 9.73. The number of aldehydes is 1. The van der Waals surface area contributed by atoms with Crippen LogP contribution in [0.4, 0.5) is 0 Å². The Morgan fingerprint density at radius 1 is 1.55 bits per heavy atom. The molecule has 0 saturated heterocycles. The maximum atomic E-state index is 10.9. The first-order valence-corrected chi connectivity index (χ1v) is 3.87. The molecule has 64 valence electrons. The molecule has 11 heavy (non-hydrogen) atoms. The van der Waals surface area contributed by atoms with Gasteiger partial charge in [-0.3, -0.25) is 4.79 Å². The molecular weight excluding hydrogens is 142 g/mol. The SMILES string of the molecule is CC(C)CC(=O)NCCC=O. The van der Waals surface area contributed by atoms with Crippen LogP contribution in [0.25, 0.3) is 0 Å². The van der Waals surface area contributed by atoms with Gasteiger partial charge in [-0.1, -0.05) is 13.8 Å². The number of amides is 1. The van der Waals surface area contributed by atoms with Crippen LogP contribution >= 0.6 is 0 Å². The summed E-state index contributed by atoms with van der Waals surface area (Å²) in [6.07, 6.45) is 1.75. The van der Waals surface area contributed by atoms with Gasteiger partial charge in [0.15, 0.2) is 0 Å². The lowest BCUT2D eigenvalue weighted by Crippen LogP contribution is -2.25. The first-order valence-electron chi connectivity index (χ1n) is 3.87. The van der Waals surface area contributed by atoms with Crippen molar-refractivity contribution in [1.82, 2.24) is 5.32 Å². The Kier molecular flexibility index (Phi) is 5.43. The standard InChI is InChI=1S/C8H15NO2/c1-7(2)6-8(11)9-4-3-5-10/h5,7H,3-4,6H2,1-2H3,(H,9,11). The molecule has 0 aliphatic heterocycles. The van der Waals surface area contributed by atoms with Gasteiger partial charge in [0.05, 0.1) is 0 Å². The molecule has 1 amide bonds. The molecule has 0 radical (unpaired) electrons. The highest BCUT2D eigenvalue weighted by molar-refractivity contribution is 5.76. The quantitative estimate of drug-likeness (QED) is 0.472. The van der Waals surface area contributed by atoms with E-state index in [0.29, 0.717) is 25.3 Å². The van der Waals surface area contributed by atoms with Crippen LogP contribution in [-0.2, 0) is 9.59 Å². The Labute approximate surface area is 67.2 Å². The molecular formula is C8H15NO2. The van der Waals surface area contributed by atoms with Gasteiger partial charge in [-0.15, -0.1) is 0 Å². The maximum absolute atomic E-state index is 10.9. The fourth-order valence-corrected chi connectivity index (χ4v) is 0.713. The fourth-order valence-electron chi connectivity index (χ4n) is 0.713. The topological polar surface area (TPSA) is 46.2 Å². The third-order valence-electron chi connectivity index (χ3n) is 1.18. The molecule has 0 spiro atoms. The minimum Gasteiger partial charge on any atom is -0.356 e. The maximum Gasteiger partial charge on any atom is 0.220 e. The first-order chi connectivity index (χ1) is 5.16. The lowest BCUT2D eigenvalue weighted by atomic mass is 10.1. The van der Waals surface area contributed by atoms with Crippen molar-refractivity contribution in [2.45, 2.75) is 26.7 Å². The van der Waals surface area contributed by atoms with E-state index in [1.807, 2.05) is 13.8 Å². The zero-order chi connectivity index (χ0) is 8.69. The third-order valence-corrected chi connectivity index (χ3v) is 1.18. The second kappa shape index (κ2) is 5.89. The van der Waals surface area contributed by atoms with Crippen molar-refractivity contribution < 1.29 is 9.59 Å². The van der Waals surface area contributed by atoms with Gasteiger partial charge in [0.1, 0.15) is 6.29 Å². The van der Waals surface area contributed by atoms with Crippen molar-refractivity contribution in [3.63, 3.8) is 0 Å². The number of hydrogen-bond donors (Lipinski definition) is 1. The van der Waals surface area contributed by atoms with Gasteiger partial charge in [0, 0.05) is 19.4 Å². The van der Waals surface area contributed by atoms with Crippen molar-refractivity contribution >= 4 is 12.2 Å². The molecule has 0 aromatic rings. The molecule has 0 bridgehead atoms. The van der Waals surface area contributed by atoms with E-state index in [9.17, 15) is 9.59 Å². The van der Waals surface area contributed by atoms with Gasteiger partial charge >= 0.3 is 0 Å². The summed E-state index contributed by atoms with van der Waals surface area (Å²) in [5.74, 6) is 0.410. The molecule has 0 aromatic heterocycles. The van der Waals surface area contributed by atoms with Crippen molar-refractivity contribution in [3.8, 4) is 0 Å². The monoisotopic (exact) mass is 157 g/mol. The van der Waals surface area contributed by atoms with Crippen LogP contribution < -0.4 is 5.32 Å². The molecule has 3 nitrogen and oxygen atoms in total. The molecule has 0 saturated carbocycles. The molecule has 0 aliphatic rings. The molecule has 0 fully saturated rings. The summed E-state index contributed by atoms with van der Waals surface area (Å²) < 4.78 is 0. The molecule has 0 unspecified atom stereocenters. The summed E-state index contributed by atoms with van der Waals surface area (Å²) in [5, 5.41) is 2.64. The molecule has 0 aromatic carbocycles. The minimum atomic E-state index is 0.0295. The van der Waals surface area contributed by atoms with Gasteiger partial charge < -0.3 is 10.1 Å². The summed E-state index contributed by atoms with van der Waals surface area (Å²) in [4.78, 5) is 20.8. The van der Waals surface area contributed by atoms with Gasteiger partial charge in [-0.2, -0.15) is 0 Å². The Morgan fingerprint density at radius 3 is 2.64 bits per heavy atom. The molecule has 0 heterocycles. The first kappa shape index (κ1) is 10.1. The van der Waals surface area contributed by atoms with Crippen LogP contribution in [0.5, 0.6) is 0 Å². The summed E-state index contributed by atoms with van der Waals surface area (Å²) >= 11 is 0. The van der Waals surface area contributed by atoms with E-state index < -0.39 is 0 Å². The highest BCUT2D eigenvalue weighted by atomic mass is 16.1. The molecule has 3 heteroatoms. The summed E-state index contributed by atoms with van der Waals surface area (Å²) in [5.41, 5.74) is 0. The van der Waals surface area contributed by atoms with Crippen LogP contribution in [0, 0.1) is 5.92 Å². The summed E-state index contributed by atoms with van der Waals surface area (Å²) in [6.45, 7) is 4.44.